The molecule has 0 aliphatic carbocycles. The molecule has 0 atom stereocenters. The number of aromatic nitrogens is 2. The highest BCUT2D eigenvalue weighted by Gasteiger charge is 2.06. The van der Waals surface area contributed by atoms with Gasteiger partial charge < -0.3 is 24.1 Å². The first-order valence-electron chi connectivity index (χ1n) is 7.56. The van der Waals surface area contributed by atoms with E-state index in [1.807, 2.05) is 0 Å². The van der Waals surface area contributed by atoms with Crippen LogP contribution in [0.1, 0.15) is 22.1 Å². The number of hydrogen-bond donors (Lipinski definition) is 1. The van der Waals surface area contributed by atoms with Crippen molar-refractivity contribution in [1.82, 2.24) is 15.5 Å². The molecule has 1 heterocycles. The van der Waals surface area contributed by atoms with Crippen molar-refractivity contribution >= 4 is 5.91 Å². The minimum absolute atomic E-state index is 0.161. The van der Waals surface area contributed by atoms with Gasteiger partial charge in [0.25, 0.3) is 5.91 Å². The molecule has 0 spiro atoms. The minimum atomic E-state index is -0.161. The number of ether oxygens (including phenoxy) is 3. The molecule has 0 radical (unpaired) electrons. The van der Waals surface area contributed by atoms with Crippen LogP contribution in [0.25, 0.3) is 0 Å². The highest BCUT2D eigenvalue weighted by molar-refractivity contribution is 5.94. The van der Waals surface area contributed by atoms with Gasteiger partial charge in [-0.05, 0) is 24.3 Å². The van der Waals surface area contributed by atoms with Crippen LogP contribution >= 0.6 is 0 Å². The maximum atomic E-state index is 12.0. The van der Waals surface area contributed by atoms with Crippen molar-refractivity contribution in [1.29, 1.82) is 0 Å². The van der Waals surface area contributed by atoms with E-state index in [0.717, 1.165) is 0 Å². The Balaban J connectivity index is 1.71. The van der Waals surface area contributed by atoms with Crippen LogP contribution in [0.15, 0.2) is 28.8 Å². The van der Waals surface area contributed by atoms with Crippen molar-refractivity contribution in [3.63, 3.8) is 0 Å². The molecule has 8 nitrogen and oxygen atoms in total. The van der Waals surface area contributed by atoms with E-state index in [-0.39, 0.29) is 12.5 Å². The standard InChI is InChI=1S/C16H21N3O5/c1-12-18-15(19-24-12)11-23-14-5-3-13(4-6-14)16(20)17-7-8-22-10-9-21-2/h3-6H,7-11H2,1-2H3,(H,17,20). The molecule has 1 amide bonds. The molecular weight excluding hydrogens is 314 g/mol. The Labute approximate surface area is 140 Å². The average Bonchev–Trinajstić information content (AvgIpc) is 3.02. The van der Waals surface area contributed by atoms with Crippen molar-refractivity contribution in [2.45, 2.75) is 13.5 Å². The summed E-state index contributed by atoms with van der Waals surface area (Å²) in [6.45, 7) is 3.86. The zero-order valence-electron chi connectivity index (χ0n) is 13.8. The summed E-state index contributed by atoms with van der Waals surface area (Å²) in [4.78, 5) is 16.0. The molecule has 0 fully saturated rings. The van der Waals surface area contributed by atoms with E-state index in [9.17, 15) is 4.79 Å². The smallest absolute Gasteiger partial charge is 0.251 e. The van der Waals surface area contributed by atoms with Gasteiger partial charge in [-0.2, -0.15) is 4.98 Å². The van der Waals surface area contributed by atoms with Gasteiger partial charge in [0.05, 0.1) is 19.8 Å². The Kier molecular flexibility index (Phi) is 7.19. The molecule has 0 aliphatic rings. The zero-order chi connectivity index (χ0) is 17.2. The second kappa shape index (κ2) is 9.64. The highest BCUT2D eigenvalue weighted by Crippen LogP contribution is 2.13. The molecule has 130 valence electrons. The van der Waals surface area contributed by atoms with Crippen molar-refractivity contribution in [2.24, 2.45) is 0 Å². The lowest BCUT2D eigenvalue weighted by molar-refractivity contribution is 0.0692. The third-order valence-electron chi connectivity index (χ3n) is 3.02. The molecule has 1 N–H and O–H groups in total. The normalized spacial score (nSPS) is 10.6. The number of nitrogens with zero attached hydrogens (tertiary/aromatic N) is 2. The fraction of sp³-hybridized carbons (Fsp3) is 0.438. The lowest BCUT2D eigenvalue weighted by Gasteiger charge is -2.07. The summed E-state index contributed by atoms with van der Waals surface area (Å²) in [5.41, 5.74) is 0.551. The van der Waals surface area contributed by atoms with Crippen LogP contribution in [-0.2, 0) is 16.1 Å². The largest absolute Gasteiger partial charge is 0.485 e. The Morgan fingerprint density at radius 1 is 1.21 bits per heavy atom. The number of methoxy groups -OCH3 is 1. The molecular formula is C16H21N3O5. The van der Waals surface area contributed by atoms with Gasteiger partial charge in [-0.3, -0.25) is 4.79 Å². The molecule has 2 rings (SSSR count). The Morgan fingerprint density at radius 3 is 2.67 bits per heavy atom. The molecule has 0 saturated carbocycles. The number of hydrogen-bond acceptors (Lipinski definition) is 7. The summed E-state index contributed by atoms with van der Waals surface area (Å²) in [7, 11) is 1.61. The third kappa shape index (κ3) is 5.98. The number of aryl methyl sites for hydroxylation is 1. The van der Waals surface area contributed by atoms with Gasteiger partial charge in [0.2, 0.25) is 11.7 Å². The molecule has 0 aliphatic heterocycles. The summed E-state index contributed by atoms with van der Waals surface area (Å²) in [5.74, 6) is 1.43. The Bertz CT molecular complexity index is 627. The van der Waals surface area contributed by atoms with Gasteiger partial charge in [0.15, 0.2) is 6.61 Å². The monoisotopic (exact) mass is 335 g/mol. The van der Waals surface area contributed by atoms with Gasteiger partial charge >= 0.3 is 0 Å². The van der Waals surface area contributed by atoms with Crippen molar-refractivity contribution in [2.75, 3.05) is 33.5 Å². The number of nitrogens with one attached hydrogen (secondary N) is 1. The predicted molar refractivity (Wildman–Crippen MR) is 84.8 cm³/mol. The van der Waals surface area contributed by atoms with Gasteiger partial charge in [-0.1, -0.05) is 5.16 Å². The molecule has 24 heavy (non-hydrogen) atoms. The molecule has 1 aromatic carbocycles. The van der Waals surface area contributed by atoms with Gasteiger partial charge in [0, 0.05) is 26.1 Å². The summed E-state index contributed by atoms with van der Waals surface area (Å²) >= 11 is 0. The van der Waals surface area contributed by atoms with Crippen LogP contribution in [0.2, 0.25) is 0 Å². The van der Waals surface area contributed by atoms with E-state index >= 15 is 0 Å². The predicted octanol–water partition coefficient (Wildman–Crippen LogP) is 1.35. The topological polar surface area (TPSA) is 95.7 Å². The maximum absolute atomic E-state index is 12.0. The van der Waals surface area contributed by atoms with Crippen molar-refractivity contribution in [3.05, 3.63) is 41.5 Å². The van der Waals surface area contributed by atoms with E-state index < -0.39 is 0 Å². The number of rotatable bonds is 10. The van der Waals surface area contributed by atoms with E-state index in [4.69, 9.17) is 18.7 Å². The molecule has 1 aromatic heterocycles. The molecule has 0 bridgehead atoms. The summed E-state index contributed by atoms with van der Waals surface area (Å²) in [5, 5.41) is 6.52. The number of carbonyl (C=O) groups is 1. The van der Waals surface area contributed by atoms with E-state index in [1.165, 1.54) is 0 Å². The molecule has 0 unspecified atom stereocenters. The first-order valence-corrected chi connectivity index (χ1v) is 7.56. The Morgan fingerprint density at radius 2 is 2.00 bits per heavy atom. The van der Waals surface area contributed by atoms with Gasteiger partial charge in [-0.15, -0.1) is 0 Å². The summed E-state index contributed by atoms with van der Waals surface area (Å²) < 4.78 is 20.5. The van der Waals surface area contributed by atoms with Gasteiger partial charge in [0.1, 0.15) is 5.75 Å². The van der Waals surface area contributed by atoms with Crippen molar-refractivity contribution in [3.8, 4) is 5.75 Å². The Hall–Kier alpha value is -2.45. The van der Waals surface area contributed by atoms with Crippen LogP contribution in [0.5, 0.6) is 5.75 Å². The van der Waals surface area contributed by atoms with Crippen LogP contribution < -0.4 is 10.1 Å². The van der Waals surface area contributed by atoms with E-state index in [1.54, 1.807) is 38.3 Å². The van der Waals surface area contributed by atoms with Crippen molar-refractivity contribution < 1.29 is 23.5 Å². The molecule has 0 saturated heterocycles. The second-order valence-corrected chi connectivity index (χ2v) is 4.90. The number of amides is 1. The maximum Gasteiger partial charge on any atom is 0.251 e. The molecule has 8 heteroatoms. The summed E-state index contributed by atoms with van der Waals surface area (Å²) in [6, 6.07) is 6.82. The lowest BCUT2D eigenvalue weighted by Crippen LogP contribution is -2.27. The van der Waals surface area contributed by atoms with Crippen LogP contribution in [-0.4, -0.2) is 49.5 Å². The summed E-state index contributed by atoms with van der Waals surface area (Å²) in [6.07, 6.45) is 0. The van der Waals surface area contributed by atoms with Crippen LogP contribution in [0.3, 0.4) is 0 Å². The number of carbonyl (C=O) groups excluding carboxylic acids is 1. The number of benzene rings is 1. The highest BCUT2D eigenvalue weighted by atomic mass is 16.5. The van der Waals surface area contributed by atoms with Crippen LogP contribution in [0.4, 0.5) is 0 Å². The van der Waals surface area contributed by atoms with E-state index in [0.29, 0.717) is 49.4 Å². The third-order valence-corrected chi connectivity index (χ3v) is 3.02. The first-order chi connectivity index (χ1) is 11.7. The zero-order valence-corrected chi connectivity index (χ0v) is 13.8. The second-order valence-electron chi connectivity index (χ2n) is 4.90. The fourth-order valence-corrected chi connectivity index (χ4v) is 1.83. The fourth-order valence-electron chi connectivity index (χ4n) is 1.83. The van der Waals surface area contributed by atoms with Gasteiger partial charge in [-0.25, -0.2) is 0 Å². The van der Waals surface area contributed by atoms with Crippen LogP contribution in [0, 0.1) is 6.92 Å². The van der Waals surface area contributed by atoms with E-state index in [2.05, 4.69) is 15.5 Å². The first kappa shape index (κ1) is 17.9. The lowest BCUT2D eigenvalue weighted by atomic mass is 10.2. The average molecular weight is 335 g/mol. The minimum Gasteiger partial charge on any atom is -0.485 e. The molecule has 2 aromatic rings. The SMILES string of the molecule is COCCOCCNC(=O)c1ccc(OCc2noc(C)n2)cc1. The quantitative estimate of drug-likeness (QED) is 0.655.